The second kappa shape index (κ2) is 10.7. The van der Waals surface area contributed by atoms with Crippen LogP contribution in [0.1, 0.15) is 13.8 Å². The highest BCUT2D eigenvalue weighted by Crippen LogP contribution is 2.30. The Morgan fingerprint density at radius 3 is 2.32 bits per heavy atom. The Hall–Kier alpha value is -2.49. The Labute approximate surface area is 170 Å². The van der Waals surface area contributed by atoms with Gasteiger partial charge in [0.05, 0.1) is 36.0 Å². The lowest BCUT2D eigenvalue weighted by molar-refractivity contribution is -0.115. The Morgan fingerprint density at radius 1 is 1.04 bits per heavy atom. The van der Waals surface area contributed by atoms with Crippen molar-refractivity contribution in [1.82, 2.24) is 4.72 Å². The van der Waals surface area contributed by atoms with Gasteiger partial charge in [-0.3, -0.25) is 4.79 Å². The number of nitrogens with one attached hydrogen (secondary N) is 2. The molecule has 2 aromatic rings. The van der Waals surface area contributed by atoms with Gasteiger partial charge in [-0.15, -0.1) is 12.4 Å². The van der Waals surface area contributed by atoms with Crippen LogP contribution in [0.4, 0.5) is 11.4 Å². The summed E-state index contributed by atoms with van der Waals surface area (Å²) in [6.07, 6.45) is 0. The largest absolute Gasteiger partial charge is 0.490 e. The van der Waals surface area contributed by atoms with Crippen molar-refractivity contribution in [2.24, 2.45) is 0 Å². The maximum atomic E-state index is 12.5. The van der Waals surface area contributed by atoms with Crippen molar-refractivity contribution in [1.29, 1.82) is 0 Å². The first-order chi connectivity index (χ1) is 12.9. The van der Waals surface area contributed by atoms with Crippen LogP contribution in [0.2, 0.25) is 0 Å². The minimum absolute atomic E-state index is 0. The van der Waals surface area contributed by atoms with Gasteiger partial charge in [0.2, 0.25) is 15.9 Å². The molecule has 0 aromatic heterocycles. The fourth-order valence-electron chi connectivity index (χ4n) is 2.25. The summed E-state index contributed by atoms with van der Waals surface area (Å²) >= 11 is 0. The highest BCUT2D eigenvalue weighted by Gasteiger charge is 2.18. The number of nitrogens with two attached hydrogens (primary N) is 1. The Balaban J connectivity index is 0.00000392. The van der Waals surface area contributed by atoms with E-state index in [1.165, 1.54) is 18.2 Å². The number of sulfonamides is 1. The van der Waals surface area contributed by atoms with Gasteiger partial charge in [-0.2, -0.15) is 0 Å². The molecule has 0 bridgehead atoms. The maximum Gasteiger partial charge on any atom is 0.241 e. The lowest BCUT2D eigenvalue weighted by Gasteiger charge is -2.13. The van der Waals surface area contributed by atoms with Gasteiger partial charge in [0.15, 0.2) is 11.5 Å². The number of para-hydroxylation sites is 2. The molecule has 2 rings (SSSR count). The molecule has 154 valence electrons. The smallest absolute Gasteiger partial charge is 0.241 e. The molecule has 0 atom stereocenters. The highest BCUT2D eigenvalue weighted by atomic mass is 35.5. The second-order valence-corrected chi connectivity index (χ2v) is 7.20. The zero-order chi connectivity index (χ0) is 19.9. The minimum atomic E-state index is -3.91. The van der Waals surface area contributed by atoms with Gasteiger partial charge < -0.3 is 20.5 Å². The predicted octanol–water partition coefficient (Wildman–Crippen LogP) is 2.41. The monoisotopic (exact) mass is 429 g/mol. The summed E-state index contributed by atoms with van der Waals surface area (Å²) in [6, 6.07) is 11.0. The van der Waals surface area contributed by atoms with Crippen molar-refractivity contribution in [2.75, 3.05) is 30.8 Å². The first kappa shape index (κ1) is 23.5. The van der Waals surface area contributed by atoms with E-state index >= 15 is 0 Å². The van der Waals surface area contributed by atoms with Crippen LogP contribution in [0.5, 0.6) is 11.5 Å². The third kappa shape index (κ3) is 6.29. The van der Waals surface area contributed by atoms with E-state index in [1.807, 2.05) is 6.92 Å². The molecule has 4 N–H and O–H groups in total. The van der Waals surface area contributed by atoms with Crippen molar-refractivity contribution in [3.8, 4) is 11.5 Å². The van der Waals surface area contributed by atoms with Crippen LogP contribution >= 0.6 is 12.4 Å². The van der Waals surface area contributed by atoms with Gasteiger partial charge in [-0.25, -0.2) is 13.1 Å². The first-order valence-electron chi connectivity index (χ1n) is 8.41. The normalized spacial score (nSPS) is 10.6. The number of anilines is 2. The van der Waals surface area contributed by atoms with Crippen LogP contribution in [-0.2, 0) is 14.8 Å². The van der Waals surface area contributed by atoms with E-state index in [9.17, 15) is 13.2 Å². The quantitative estimate of drug-likeness (QED) is 0.526. The molecule has 1 amide bonds. The standard InChI is InChI=1S/C18H23N3O5S.ClH/c1-3-25-16-10-9-13(11-17(16)26-4-2)27(23,24)20-12-18(22)21-15-8-6-5-7-14(15)19;/h5-11,20H,3-4,12,19H2,1-2H3,(H,21,22);1H. The maximum absolute atomic E-state index is 12.5. The molecule has 8 nitrogen and oxygen atoms in total. The van der Waals surface area contributed by atoms with Gasteiger partial charge in [0, 0.05) is 6.07 Å². The lowest BCUT2D eigenvalue weighted by Crippen LogP contribution is -2.33. The number of benzene rings is 2. The number of nitrogen functional groups attached to an aromatic ring is 1. The summed E-state index contributed by atoms with van der Waals surface area (Å²) in [7, 11) is -3.91. The summed E-state index contributed by atoms with van der Waals surface area (Å²) < 4.78 is 38.0. The van der Waals surface area contributed by atoms with Crippen LogP contribution in [0, 0.1) is 0 Å². The number of hydrogen-bond acceptors (Lipinski definition) is 6. The summed E-state index contributed by atoms with van der Waals surface area (Å²) in [5.41, 5.74) is 6.55. The average molecular weight is 430 g/mol. The Morgan fingerprint density at radius 2 is 1.68 bits per heavy atom. The van der Waals surface area contributed by atoms with E-state index < -0.39 is 22.5 Å². The molecule has 0 heterocycles. The van der Waals surface area contributed by atoms with Crippen molar-refractivity contribution < 1.29 is 22.7 Å². The van der Waals surface area contributed by atoms with Gasteiger partial charge in [0.25, 0.3) is 0 Å². The molecule has 0 radical (unpaired) electrons. The number of ether oxygens (including phenoxy) is 2. The molecule has 10 heteroatoms. The molecule has 2 aromatic carbocycles. The van der Waals surface area contributed by atoms with Gasteiger partial charge in [-0.05, 0) is 38.1 Å². The molecule has 0 spiro atoms. The molecule has 0 aliphatic rings. The summed E-state index contributed by atoms with van der Waals surface area (Å²) in [6.45, 7) is 3.95. The summed E-state index contributed by atoms with van der Waals surface area (Å²) in [5.74, 6) is 0.242. The number of rotatable bonds is 9. The third-order valence-corrected chi connectivity index (χ3v) is 4.88. The van der Waals surface area contributed by atoms with Gasteiger partial charge in [-0.1, -0.05) is 12.1 Å². The van der Waals surface area contributed by atoms with Gasteiger partial charge in [0.1, 0.15) is 0 Å². The molecule has 0 aliphatic heterocycles. The van der Waals surface area contributed by atoms with Crippen molar-refractivity contribution in [3.63, 3.8) is 0 Å². The molecule has 0 aliphatic carbocycles. The van der Waals surface area contributed by atoms with Crippen molar-refractivity contribution in [3.05, 3.63) is 42.5 Å². The SMILES string of the molecule is CCOc1ccc(S(=O)(=O)NCC(=O)Nc2ccccc2N)cc1OCC.Cl. The molecular formula is C18H24ClN3O5S. The number of hydrogen-bond donors (Lipinski definition) is 3. The number of halogens is 1. The zero-order valence-electron chi connectivity index (χ0n) is 15.6. The third-order valence-electron chi connectivity index (χ3n) is 3.48. The van der Waals surface area contributed by atoms with E-state index in [4.69, 9.17) is 15.2 Å². The second-order valence-electron chi connectivity index (χ2n) is 5.43. The van der Waals surface area contributed by atoms with Crippen LogP contribution in [0.3, 0.4) is 0 Å². The molecule has 0 unspecified atom stereocenters. The Kier molecular flexibility index (Phi) is 9.04. The topological polar surface area (TPSA) is 120 Å². The highest BCUT2D eigenvalue weighted by molar-refractivity contribution is 7.89. The van der Waals surface area contributed by atoms with E-state index in [0.717, 1.165) is 0 Å². The summed E-state index contributed by atoms with van der Waals surface area (Å²) in [5, 5.41) is 2.56. The fourth-order valence-corrected chi connectivity index (χ4v) is 3.24. The average Bonchev–Trinajstić information content (AvgIpc) is 2.64. The lowest BCUT2D eigenvalue weighted by atomic mass is 10.2. The van der Waals surface area contributed by atoms with Gasteiger partial charge >= 0.3 is 0 Å². The molecule has 28 heavy (non-hydrogen) atoms. The van der Waals surface area contributed by atoms with Crippen LogP contribution in [0.15, 0.2) is 47.4 Å². The van der Waals surface area contributed by atoms with Crippen LogP contribution in [0.25, 0.3) is 0 Å². The fraction of sp³-hybridized carbons (Fsp3) is 0.278. The van der Waals surface area contributed by atoms with E-state index in [2.05, 4.69) is 10.0 Å². The van der Waals surface area contributed by atoms with Crippen molar-refractivity contribution >= 4 is 39.7 Å². The van der Waals surface area contributed by atoms with E-state index in [1.54, 1.807) is 31.2 Å². The number of carbonyl (C=O) groups is 1. The first-order valence-corrected chi connectivity index (χ1v) is 9.89. The zero-order valence-corrected chi connectivity index (χ0v) is 17.2. The number of amides is 1. The molecule has 0 saturated heterocycles. The number of carbonyl (C=O) groups excluding carboxylic acids is 1. The Bertz CT molecular complexity index is 906. The van der Waals surface area contributed by atoms with Crippen LogP contribution < -0.4 is 25.2 Å². The molecule has 0 fully saturated rings. The summed E-state index contributed by atoms with van der Waals surface area (Å²) in [4.78, 5) is 12.0. The van der Waals surface area contributed by atoms with E-state index in [-0.39, 0.29) is 17.3 Å². The molecular weight excluding hydrogens is 406 g/mol. The van der Waals surface area contributed by atoms with Crippen LogP contribution in [-0.4, -0.2) is 34.1 Å². The van der Waals surface area contributed by atoms with E-state index in [0.29, 0.717) is 36.1 Å². The van der Waals surface area contributed by atoms with Crippen molar-refractivity contribution in [2.45, 2.75) is 18.7 Å². The minimum Gasteiger partial charge on any atom is -0.490 e. The molecule has 0 saturated carbocycles. The predicted molar refractivity (Wildman–Crippen MR) is 111 cm³/mol.